The number of ether oxygens (including phenoxy) is 3. The van der Waals surface area contributed by atoms with E-state index in [-0.39, 0.29) is 80.1 Å². The minimum Gasteiger partial charge on any atom is -0.496 e. The van der Waals surface area contributed by atoms with Crippen molar-refractivity contribution in [3.8, 4) is 17.8 Å². The SMILES string of the molecule is CCCCOc1nc(N)c2cc(C#N)n(Cc3ccc(CN4CCC(NC(=O)C(OCNC(=O)CNC(=O)[C@H](Cc5ccccc5)NC(=O)CNC(=O)CNC(=O)CCCCCN5C(=O)C=CC5=O)C5CC5)CC4)cc3OC)c2n1. The lowest BCUT2D eigenvalue weighted by molar-refractivity contribution is -0.138. The molecular weight excluding hydrogens is 1030 g/mol. The van der Waals surface area contributed by atoms with E-state index >= 15 is 0 Å². The van der Waals surface area contributed by atoms with Crippen molar-refractivity contribution < 1.29 is 52.6 Å². The number of piperidine rings is 1. The quantitative estimate of drug-likeness (QED) is 0.0214. The summed E-state index contributed by atoms with van der Waals surface area (Å²) < 4.78 is 19.3. The van der Waals surface area contributed by atoms with Gasteiger partial charge in [0, 0.05) is 62.8 Å². The molecule has 2 aromatic carbocycles. The Morgan fingerprint density at radius 3 is 2.21 bits per heavy atom. The molecule has 0 bridgehead atoms. The van der Waals surface area contributed by atoms with Crippen molar-refractivity contribution in [3.05, 3.63) is 89.1 Å². The normalized spacial score (nSPS) is 15.2. The third-order valence-corrected chi connectivity index (χ3v) is 13.9. The molecule has 0 spiro atoms. The smallest absolute Gasteiger partial charge is 0.320 e. The number of nitrogens with zero attached hydrogens (tertiary/aromatic N) is 6. The number of fused-ring (bicyclic) bond motifs is 1. The third-order valence-electron chi connectivity index (χ3n) is 13.9. The number of likely N-dealkylation sites (tertiary alicyclic amines) is 1. The van der Waals surface area contributed by atoms with Gasteiger partial charge in [-0.2, -0.15) is 15.2 Å². The van der Waals surface area contributed by atoms with Crippen LogP contribution in [0.1, 0.15) is 93.5 Å². The van der Waals surface area contributed by atoms with Gasteiger partial charge in [-0.1, -0.05) is 62.2 Å². The molecule has 1 unspecified atom stereocenters. The monoisotopic (exact) mass is 1100 g/mol. The van der Waals surface area contributed by atoms with Gasteiger partial charge in [0.1, 0.15) is 42.2 Å². The van der Waals surface area contributed by atoms with Gasteiger partial charge >= 0.3 is 6.01 Å². The molecule has 3 aliphatic rings. The number of nitriles is 1. The van der Waals surface area contributed by atoms with Gasteiger partial charge in [-0.25, -0.2) is 0 Å². The van der Waals surface area contributed by atoms with E-state index in [0.29, 0.717) is 61.4 Å². The molecule has 1 saturated carbocycles. The number of carbonyl (C=O) groups is 8. The zero-order chi connectivity index (χ0) is 57.0. The van der Waals surface area contributed by atoms with Crippen LogP contribution < -0.4 is 47.1 Å². The van der Waals surface area contributed by atoms with E-state index in [1.807, 2.05) is 18.2 Å². The lowest BCUT2D eigenvalue weighted by atomic mass is 10.0. The minimum atomic E-state index is -1.11. The second kappa shape index (κ2) is 29.5. The molecule has 7 rings (SSSR count). The number of imide groups is 1. The predicted molar refractivity (Wildman–Crippen MR) is 292 cm³/mol. The van der Waals surface area contributed by atoms with Gasteiger partial charge in [-0.3, -0.25) is 48.2 Å². The van der Waals surface area contributed by atoms with Crippen molar-refractivity contribution in [1.29, 1.82) is 5.26 Å². The number of rotatable bonds is 31. The summed E-state index contributed by atoms with van der Waals surface area (Å²) in [7, 11) is 1.61. The number of hydrogen-bond acceptors (Lipinski definition) is 16. The summed E-state index contributed by atoms with van der Waals surface area (Å²) in [5.74, 6) is -2.95. The van der Waals surface area contributed by atoms with Crippen molar-refractivity contribution >= 4 is 64.1 Å². The molecule has 2 fully saturated rings. The van der Waals surface area contributed by atoms with Gasteiger partial charge < -0.3 is 56.4 Å². The second-order valence-electron chi connectivity index (χ2n) is 20.0. The number of aromatic nitrogens is 3. The first-order valence-corrected chi connectivity index (χ1v) is 27.2. The zero-order valence-corrected chi connectivity index (χ0v) is 45.3. The number of nitrogens with two attached hydrogens (primary N) is 1. The van der Waals surface area contributed by atoms with Crippen LogP contribution in [0.4, 0.5) is 5.82 Å². The predicted octanol–water partition coefficient (Wildman–Crippen LogP) is 1.63. The summed E-state index contributed by atoms with van der Waals surface area (Å²) >= 11 is 0. The average Bonchev–Trinajstić information content (AvgIpc) is 4.19. The van der Waals surface area contributed by atoms with Crippen LogP contribution in [-0.4, -0.2) is 149 Å². The molecule has 1 aliphatic carbocycles. The van der Waals surface area contributed by atoms with Crippen LogP contribution in [0.2, 0.25) is 0 Å². The summed E-state index contributed by atoms with van der Waals surface area (Å²) in [5.41, 5.74) is 9.77. The van der Waals surface area contributed by atoms with Gasteiger partial charge in [0.15, 0.2) is 5.65 Å². The Morgan fingerprint density at radius 1 is 0.787 bits per heavy atom. The number of unbranched alkanes of at least 4 members (excludes halogenated alkanes) is 3. The molecular formula is C56H71N13O11. The fraction of sp³-hybridized carbons (Fsp3) is 0.482. The van der Waals surface area contributed by atoms with E-state index in [1.54, 1.807) is 48.1 Å². The Hall–Kier alpha value is -8.43. The van der Waals surface area contributed by atoms with E-state index < -0.39 is 48.9 Å². The molecule has 8 amide bonds. The van der Waals surface area contributed by atoms with Gasteiger partial charge in [0.25, 0.3) is 11.8 Å². The maximum absolute atomic E-state index is 13.6. The maximum Gasteiger partial charge on any atom is 0.320 e. The minimum absolute atomic E-state index is 0.0145. The molecule has 4 heterocycles. The summed E-state index contributed by atoms with van der Waals surface area (Å²) in [6.45, 7) is 3.65. The molecule has 2 atom stereocenters. The highest BCUT2D eigenvalue weighted by atomic mass is 16.5. The molecule has 0 radical (unpaired) electrons. The Kier molecular flexibility index (Phi) is 21.9. The molecule has 24 nitrogen and oxygen atoms in total. The van der Waals surface area contributed by atoms with E-state index in [4.69, 9.17) is 19.9 Å². The molecule has 1 saturated heterocycles. The highest BCUT2D eigenvalue weighted by Gasteiger charge is 2.38. The number of carbonyl (C=O) groups excluding carboxylic acids is 8. The van der Waals surface area contributed by atoms with Gasteiger partial charge in [0.05, 0.1) is 45.3 Å². The van der Waals surface area contributed by atoms with Crippen molar-refractivity contribution in [1.82, 2.24) is 56.2 Å². The van der Waals surface area contributed by atoms with Crippen molar-refractivity contribution in [2.45, 2.75) is 109 Å². The van der Waals surface area contributed by atoms with Crippen LogP contribution in [-0.2, 0) is 62.6 Å². The Balaban J connectivity index is 0.801. The largest absolute Gasteiger partial charge is 0.496 e. The van der Waals surface area contributed by atoms with E-state index in [9.17, 15) is 43.6 Å². The van der Waals surface area contributed by atoms with Crippen molar-refractivity contribution in [2.24, 2.45) is 5.92 Å². The lowest BCUT2D eigenvalue weighted by Crippen LogP contribution is -2.52. The first-order chi connectivity index (χ1) is 38.7. The van der Waals surface area contributed by atoms with Crippen LogP contribution >= 0.6 is 0 Å². The number of benzene rings is 2. The summed E-state index contributed by atoms with van der Waals surface area (Å²) in [6.07, 6.45) is 8.35. The molecule has 24 heteroatoms. The number of methoxy groups -OCH3 is 1. The summed E-state index contributed by atoms with van der Waals surface area (Å²) in [6, 6.07) is 17.9. The van der Waals surface area contributed by atoms with Crippen LogP contribution in [0.3, 0.4) is 0 Å². The van der Waals surface area contributed by atoms with Crippen molar-refractivity contribution in [3.63, 3.8) is 0 Å². The molecule has 80 heavy (non-hydrogen) atoms. The highest BCUT2D eigenvalue weighted by Crippen LogP contribution is 2.35. The highest BCUT2D eigenvalue weighted by molar-refractivity contribution is 6.12. The lowest BCUT2D eigenvalue weighted by Gasteiger charge is -2.33. The van der Waals surface area contributed by atoms with Crippen molar-refractivity contribution in [2.75, 3.05) is 65.4 Å². The first-order valence-electron chi connectivity index (χ1n) is 27.2. The van der Waals surface area contributed by atoms with Gasteiger partial charge in [-0.05, 0) is 74.1 Å². The van der Waals surface area contributed by atoms with Gasteiger partial charge in [0.2, 0.25) is 35.4 Å². The molecule has 2 aliphatic heterocycles. The topological polar surface area (TPSA) is 323 Å². The van der Waals surface area contributed by atoms with E-state index in [0.717, 1.165) is 73.2 Å². The van der Waals surface area contributed by atoms with Crippen LogP contribution in [0.25, 0.3) is 11.0 Å². The average molecular weight is 1100 g/mol. The Bertz CT molecular complexity index is 2910. The fourth-order valence-electron chi connectivity index (χ4n) is 9.30. The van der Waals surface area contributed by atoms with E-state index in [2.05, 4.69) is 59.8 Å². The third kappa shape index (κ3) is 17.5. The second-order valence-corrected chi connectivity index (χ2v) is 20.0. The summed E-state index contributed by atoms with van der Waals surface area (Å²) in [5, 5.41) is 26.4. The Labute approximate surface area is 463 Å². The van der Waals surface area contributed by atoms with Gasteiger partial charge in [-0.15, -0.1) is 0 Å². The van der Waals surface area contributed by atoms with Crippen LogP contribution in [0, 0.1) is 17.2 Å². The number of hydrogen-bond donors (Lipinski definition) is 7. The zero-order valence-electron chi connectivity index (χ0n) is 45.3. The maximum atomic E-state index is 13.6. The number of amides is 8. The van der Waals surface area contributed by atoms with Crippen LogP contribution in [0.15, 0.2) is 66.7 Å². The standard InChI is InChI=1S/C56H71N13O11/c1-3-4-25-79-56-65-52(58)42-28-41(29-57)69(53(42)66-56)34-39-15-14-37(27-44(39)78-2)33-67-23-20-40(21-24-67)63-55(77)51(38-16-17-38)80-35-62-47(72)31-61-54(76)43(26-36-11-7-5-8-12-36)64-48(73)32-60-46(71)30-59-45(70)13-9-6-10-22-68-49(74)18-19-50(68)75/h5,7-8,11-12,14-15,18-19,27-28,38,40,43,51H,3-4,6,9-10,13,16-17,20-26,30-35H2,1-2H3,(H,59,70)(H,60,71)(H,61,76)(H,62,72)(H,63,77)(H,64,73)(H2,58,65,66)/t43-,51?/m0/s1. The molecule has 4 aromatic rings. The molecule has 8 N–H and O–H groups in total. The molecule has 2 aromatic heterocycles. The number of anilines is 1. The first kappa shape index (κ1) is 59.2. The number of nitrogen functional groups attached to an aromatic ring is 1. The van der Waals surface area contributed by atoms with Crippen LogP contribution in [0.5, 0.6) is 11.8 Å². The van der Waals surface area contributed by atoms with E-state index in [1.165, 1.54) is 12.2 Å². The summed E-state index contributed by atoms with van der Waals surface area (Å²) in [4.78, 5) is 113. The fourth-order valence-corrected chi connectivity index (χ4v) is 9.30. The Morgan fingerprint density at radius 2 is 1.50 bits per heavy atom. The molecule has 426 valence electrons. The number of nitrogens with one attached hydrogen (secondary N) is 6.